The van der Waals surface area contributed by atoms with E-state index in [1.165, 1.54) is 6.20 Å². The number of rotatable bonds is 5. The zero-order valence-electron chi connectivity index (χ0n) is 11.7. The van der Waals surface area contributed by atoms with Gasteiger partial charge < -0.3 is 10.2 Å². The summed E-state index contributed by atoms with van der Waals surface area (Å²) in [6, 6.07) is 3.49. The maximum atomic E-state index is 11.7. The summed E-state index contributed by atoms with van der Waals surface area (Å²) in [6.07, 6.45) is 11.6. The van der Waals surface area contributed by atoms with E-state index in [1.807, 2.05) is 11.9 Å². The molecule has 0 unspecified atom stereocenters. The van der Waals surface area contributed by atoms with Crippen LogP contribution in [0.15, 0.2) is 36.9 Å². The van der Waals surface area contributed by atoms with Crippen LogP contribution in [0.3, 0.4) is 0 Å². The van der Waals surface area contributed by atoms with E-state index in [2.05, 4.69) is 26.2 Å². The fourth-order valence-electron chi connectivity index (χ4n) is 1.72. The van der Waals surface area contributed by atoms with E-state index in [0.29, 0.717) is 12.1 Å². The van der Waals surface area contributed by atoms with Gasteiger partial charge in [-0.2, -0.15) is 0 Å². The van der Waals surface area contributed by atoms with Crippen LogP contribution in [0.1, 0.15) is 16.1 Å². The Kier molecular flexibility index (Phi) is 4.83. The lowest BCUT2D eigenvalue weighted by molar-refractivity contribution is 0.0958. The molecule has 0 atom stereocenters. The highest BCUT2D eigenvalue weighted by Crippen LogP contribution is 2.11. The van der Waals surface area contributed by atoms with Crippen LogP contribution < -0.4 is 10.2 Å². The topological polar surface area (TPSA) is 71.0 Å². The number of terminal acetylenes is 1. The van der Waals surface area contributed by atoms with Gasteiger partial charge in [-0.1, -0.05) is 5.92 Å². The maximum absolute atomic E-state index is 11.7. The van der Waals surface area contributed by atoms with Gasteiger partial charge in [0.1, 0.15) is 5.82 Å². The second-order valence-electron chi connectivity index (χ2n) is 4.34. The van der Waals surface area contributed by atoms with Crippen LogP contribution in [-0.4, -0.2) is 34.5 Å². The van der Waals surface area contributed by atoms with E-state index >= 15 is 0 Å². The van der Waals surface area contributed by atoms with Gasteiger partial charge in [-0.25, -0.2) is 4.98 Å². The third-order valence-corrected chi connectivity index (χ3v) is 2.77. The number of nitrogens with one attached hydrogen (secondary N) is 1. The first-order chi connectivity index (χ1) is 10.2. The van der Waals surface area contributed by atoms with Crippen molar-refractivity contribution in [3.63, 3.8) is 0 Å². The van der Waals surface area contributed by atoms with Gasteiger partial charge in [0.15, 0.2) is 0 Å². The van der Waals surface area contributed by atoms with E-state index in [0.717, 1.165) is 11.5 Å². The molecule has 106 valence electrons. The van der Waals surface area contributed by atoms with Crippen molar-refractivity contribution in [3.8, 4) is 12.3 Å². The first-order valence-corrected chi connectivity index (χ1v) is 6.34. The Morgan fingerprint density at radius 2 is 2.19 bits per heavy atom. The largest absolute Gasteiger partial charge is 0.354 e. The van der Waals surface area contributed by atoms with Gasteiger partial charge in [0.25, 0.3) is 5.91 Å². The normalized spacial score (nSPS) is 9.71. The fraction of sp³-hybridized carbons (Fsp3) is 0.200. The molecule has 1 amide bonds. The number of pyridine rings is 1. The lowest BCUT2D eigenvalue weighted by atomic mass is 10.2. The average Bonchev–Trinajstić information content (AvgIpc) is 2.53. The lowest BCUT2D eigenvalue weighted by Gasteiger charge is -2.17. The van der Waals surface area contributed by atoms with Crippen LogP contribution in [-0.2, 0) is 6.54 Å². The highest BCUT2D eigenvalue weighted by atomic mass is 16.1. The maximum Gasteiger partial charge on any atom is 0.253 e. The Hall–Kier alpha value is -2.94. The second kappa shape index (κ2) is 7.01. The molecule has 1 N–H and O–H groups in total. The minimum Gasteiger partial charge on any atom is -0.354 e. The molecule has 0 aliphatic heterocycles. The van der Waals surface area contributed by atoms with Crippen molar-refractivity contribution in [2.24, 2.45) is 0 Å². The van der Waals surface area contributed by atoms with Crippen molar-refractivity contribution >= 4 is 11.7 Å². The Balaban J connectivity index is 2.01. The highest BCUT2D eigenvalue weighted by molar-refractivity contribution is 5.94. The predicted octanol–water partition coefficient (Wildman–Crippen LogP) is 0.871. The van der Waals surface area contributed by atoms with Crippen molar-refractivity contribution in [3.05, 3.63) is 48.2 Å². The van der Waals surface area contributed by atoms with E-state index in [1.54, 1.807) is 30.7 Å². The molecule has 0 aliphatic rings. The molecule has 0 aliphatic carbocycles. The smallest absolute Gasteiger partial charge is 0.253 e. The number of carbonyl (C=O) groups is 1. The van der Waals surface area contributed by atoms with E-state index in [4.69, 9.17) is 6.42 Å². The standard InChI is InChI=1S/C15H15N5O/c1-3-6-18-15(21)12-4-5-14(19-9-12)20(2)11-13-10-16-7-8-17-13/h1,4-5,7-10H,6,11H2,2H3,(H,18,21). The predicted molar refractivity (Wildman–Crippen MR) is 79.5 cm³/mol. The molecular formula is C15H15N5O. The Bertz CT molecular complexity index is 633. The number of anilines is 1. The van der Waals surface area contributed by atoms with Crippen molar-refractivity contribution in [2.75, 3.05) is 18.5 Å². The second-order valence-corrected chi connectivity index (χ2v) is 4.34. The van der Waals surface area contributed by atoms with Crippen LogP contribution in [0.4, 0.5) is 5.82 Å². The molecule has 0 fully saturated rings. The lowest BCUT2D eigenvalue weighted by Crippen LogP contribution is -2.24. The summed E-state index contributed by atoms with van der Waals surface area (Å²) < 4.78 is 0. The van der Waals surface area contributed by atoms with Gasteiger partial charge in [0, 0.05) is 25.6 Å². The van der Waals surface area contributed by atoms with Crippen molar-refractivity contribution in [1.29, 1.82) is 0 Å². The SMILES string of the molecule is C#CCNC(=O)c1ccc(N(C)Cc2cnccn2)nc1. The summed E-state index contributed by atoms with van der Waals surface area (Å²) in [5.74, 6) is 2.86. The molecule has 6 nitrogen and oxygen atoms in total. The summed E-state index contributed by atoms with van der Waals surface area (Å²) in [5, 5.41) is 2.59. The first-order valence-electron chi connectivity index (χ1n) is 6.34. The van der Waals surface area contributed by atoms with Crippen LogP contribution in [0.5, 0.6) is 0 Å². The van der Waals surface area contributed by atoms with Crippen LogP contribution in [0.2, 0.25) is 0 Å². The average molecular weight is 281 g/mol. The molecule has 2 aromatic rings. The Morgan fingerprint density at radius 3 is 2.81 bits per heavy atom. The summed E-state index contributed by atoms with van der Waals surface area (Å²) in [6.45, 7) is 0.788. The summed E-state index contributed by atoms with van der Waals surface area (Å²) in [7, 11) is 1.90. The third-order valence-electron chi connectivity index (χ3n) is 2.77. The first kappa shape index (κ1) is 14.5. The third kappa shape index (κ3) is 4.01. The molecule has 0 saturated heterocycles. The number of carbonyl (C=O) groups excluding carboxylic acids is 1. The minimum absolute atomic E-state index is 0.202. The molecule has 0 saturated carbocycles. The van der Waals surface area contributed by atoms with Crippen LogP contribution in [0, 0.1) is 12.3 Å². The summed E-state index contributed by atoms with van der Waals surface area (Å²) >= 11 is 0. The zero-order valence-corrected chi connectivity index (χ0v) is 11.7. The number of aromatic nitrogens is 3. The molecule has 0 spiro atoms. The Labute approximate surface area is 123 Å². The number of nitrogens with zero attached hydrogens (tertiary/aromatic N) is 4. The van der Waals surface area contributed by atoms with Gasteiger partial charge in [-0.3, -0.25) is 14.8 Å². The van der Waals surface area contributed by atoms with E-state index in [-0.39, 0.29) is 12.5 Å². The van der Waals surface area contributed by atoms with Crippen molar-refractivity contribution in [2.45, 2.75) is 6.54 Å². The number of hydrogen-bond acceptors (Lipinski definition) is 5. The van der Waals surface area contributed by atoms with Gasteiger partial charge in [0.2, 0.25) is 0 Å². The van der Waals surface area contributed by atoms with E-state index < -0.39 is 0 Å². The molecule has 2 aromatic heterocycles. The molecule has 6 heteroatoms. The molecule has 21 heavy (non-hydrogen) atoms. The Morgan fingerprint density at radius 1 is 1.33 bits per heavy atom. The monoisotopic (exact) mass is 281 g/mol. The molecule has 0 aromatic carbocycles. The van der Waals surface area contributed by atoms with Crippen molar-refractivity contribution < 1.29 is 4.79 Å². The molecule has 2 rings (SSSR count). The number of amides is 1. The van der Waals surface area contributed by atoms with Gasteiger partial charge in [-0.15, -0.1) is 6.42 Å². The van der Waals surface area contributed by atoms with Crippen LogP contribution >= 0.6 is 0 Å². The summed E-state index contributed by atoms with van der Waals surface area (Å²) in [5.41, 5.74) is 1.32. The molecular weight excluding hydrogens is 266 g/mol. The minimum atomic E-state index is -0.233. The molecule has 0 bridgehead atoms. The van der Waals surface area contributed by atoms with Gasteiger partial charge >= 0.3 is 0 Å². The fourth-order valence-corrected chi connectivity index (χ4v) is 1.72. The van der Waals surface area contributed by atoms with Gasteiger partial charge in [0.05, 0.1) is 30.5 Å². The van der Waals surface area contributed by atoms with Gasteiger partial charge in [-0.05, 0) is 12.1 Å². The molecule has 2 heterocycles. The highest BCUT2D eigenvalue weighted by Gasteiger charge is 2.08. The number of hydrogen-bond donors (Lipinski definition) is 1. The van der Waals surface area contributed by atoms with Crippen LogP contribution in [0.25, 0.3) is 0 Å². The summed E-state index contributed by atoms with van der Waals surface area (Å²) in [4.78, 5) is 26.1. The quantitative estimate of drug-likeness (QED) is 0.823. The van der Waals surface area contributed by atoms with E-state index in [9.17, 15) is 4.79 Å². The van der Waals surface area contributed by atoms with Crippen molar-refractivity contribution in [1.82, 2.24) is 20.3 Å². The zero-order chi connectivity index (χ0) is 15.1. The molecule has 0 radical (unpaired) electrons.